The highest BCUT2D eigenvalue weighted by molar-refractivity contribution is 6.49. The molecule has 1 aromatic rings. The molecule has 1 aliphatic rings. The van der Waals surface area contributed by atoms with Crippen LogP contribution in [0.1, 0.15) is 0 Å². The number of hydrogen-bond acceptors (Lipinski definition) is 4. The highest BCUT2D eigenvalue weighted by Crippen LogP contribution is 2.43. The van der Waals surface area contributed by atoms with Gasteiger partial charge in [-0.15, -0.1) is 0 Å². The smallest absolute Gasteiger partial charge is 0.204 e. The van der Waals surface area contributed by atoms with Crippen LogP contribution in [0.15, 0.2) is 6.07 Å². The molecule has 106 valence electrons. The molecule has 1 aromatic carbocycles. The summed E-state index contributed by atoms with van der Waals surface area (Å²) in [4.78, 5) is 10.6. The number of benzene rings is 1. The normalized spacial score (nSPS) is 14.6. The topological polar surface area (TPSA) is 78.6 Å². The Bertz CT molecular complexity index is 451. The van der Waals surface area contributed by atoms with Crippen LogP contribution >= 0.6 is 34.8 Å². The van der Waals surface area contributed by atoms with Crippen LogP contribution in [0.2, 0.25) is 15.1 Å². The van der Waals surface area contributed by atoms with Gasteiger partial charge in [0, 0.05) is 32.2 Å². The molecule has 4 N–H and O–H groups in total. The van der Waals surface area contributed by atoms with Gasteiger partial charge >= 0.3 is 0 Å². The van der Waals surface area contributed by atoms with Crippen molar-refractivity contribution in [3.05, 3.63) is 21.1 Å². The number of halogens is 3. The van der Waals surface area contributed by atoms with Gasteiger partial charge in [0.15, 0.2) is 0 Å². The summed E-state index contributed by atoms with van der Waals surface area (Å²) in [6.45, 7) is 3.28. The van der Waals surface area contributed by atoms with E-state index in [2.05, 4.69) is 11.1 Å². The van der Waals surface area contributed by atoms with Crippen LogP contribution in [0, 0.1) is 0 Å². The molecular weight excluding hydrogens is 312 g/mol. The monoisotopic (exact) mass is 325 g/mol. The van der Waals surface area contributed by atoms with Gasteiger partial charge in [0.25, 0.3) is 0 Å². The summed E-state index contributed by atoms with van der Waals surface area (Å²) in [7, 11) is 0. The number of rotatable bonds is 1. The van der Waals surface area contributed by atoms with Gasteiger partial charge < -0.3 is 21.1 Å². The van der Waals surface area contributed by atoms with E-state index >= 15 is 0 Å². The lowest BCUT2D eigenvalue weighted by molar-refractivity contribution is -0.106. The molecule has 1 saturated heterocycles. The van der Waals surface area contributed by atoms with Crippen molar-refractivity contribution < 1.29 is 9.90 Å². The van der Waals surface area contributed by atoms with Crippen LogP contribution in [0.4, 0.5) is 5.69 Å². The lowest BCUT2D eigenvalue weighted by Gasteiger charge is -2.31. The second-order valence-electron chi connectivity index (χ2n) is 3.73. The summed E-state index contributed by atoms with van der Waals surface area (Å²) >= 11 is 17.9. The van der Waals surface area contributed by atoms with Crippen molar-refractivity contribution in [3.63, 3.8) is 0 Å². The molecular formula is C11H14Cl3N3O2. The summed E-state index contributed by atoms with van der Waals surface area (Å²) in [6, 6.07) is 1.42. The molecule has 0 atom stereocenters. The Morgan fingerprint density at radius 1 is 1.26 bits per heavy atom. The first-order valence-electron chi connectivity index (χ1n) is 5.50. The van der Waals surface area contributed by atoms with Crippen molar-refractivity contribution in [2.45, 2.75) is 0 Å². The predicted octanol–water partition coefficient (Wildman–Crippen LogP) is 1.86. The summed E-state index contributed by atoms with van der Waals surface area (Å²) in [6.07, 6.45) is 0.250. The maximum absolute atomic E-state index is 9.86. The molecule has 1 aliphatic heterocycles. The third-order valence-electron chi connectivity index (χ3n) is 2.55. The number of anilines is 1. The second-order valence-corrected chi connectivity index (χ2v) is 4.89. The minimum absolute atomic E-state index is 0.0706. The Hall–Kier alpha value is -0.880. The molecule has 0 bridgehead atoms. The van der Waals surface area contributed by atoms with Crippen molar-refractivity contribution in [2.75, 3.05) is 31.1 Å². The minimum atomic E-state index is 0.0706. The van der Waals surface area contributed by atoms with E-state index in [1.807, 2.05) is 4.90 Å². The summed E-state index contributed by atoms with van der Waals surface area (Å²) < 4.78 is 0. The third-order valence-corrected chi connectivity index (χ3v) is 3.80. The molecule has 1 heterocycles. The van der Waals surface area contributed by atoms with Crippen molar-refractivity contribution in [1.82, 2.24) is 5.32 Å². The maximum atomic E-state index is 9.86. The minimum Gasteiger partial charge on any atom is -0.506 e. The summed E-state index contributed by atoms with van der Waals surface area (Å²) in [5, 5.41) is 14.0. The van der Waals surface area contributed by atoms with Crippen molar-refractivity contribution in [2.24, 2.45) is 5.73 Å². The number of nitrogens with two attached hydrogens (primary N) is 1. The van der Waals surface area contributed by atoms with Gasteiger partial charge in [-0.05, 0) is 0 Å². The van der Waals surface area contributed by atoms with E-state index in [0.717, 1.165) is 26.2 Å². The lowest BCUT2D eigenvalue weighted by atomic mass is 10.2. The predicted molar refractivity (Wildman–Crippen MR) is 78.5 cm³/mol. The molecule has 0 spiro atoms. The van der Waals surface area contributed by atoms with Crippen molar-refractivity contribution in [3.8, 4) is 5.75 Å². The van der Waals surface area contributed by atoms with Gasteiger partial charge in [-0.25, -0.2) is 0 Å². The zero-order chi connectivity index (χ0) is 14.4. The molecule has 1 fully saturated rings. The van der Waals surface area contributed by atoms with E-state index in [-0.39, 0.29) is 22.2 Å². The number of amides is 1. The number of aromatic hydroxyl groups is 1. The van der Waals surface area contributed by atoms with Crippen LogP contribution in [0.5, 0.6) is 5.75 Å². The third kappa shape index (κ3) is 4.04. The van der Waals surface area contributed by atoms with Gasteiger partial charge in [-0.1, -0.05) is 34.8 Å². The van der Waals surface area contributed by atoms with E-state index < -0.39 is 0 Å². The van der Waals surface area contributed by atoms with E-state index in [4.69, 9.17) is 39.6 Å². The van der Waals surface area contributed by atoms with Gasteiger partial charge in [-0.2, -0.15) is 0 Å². The number of carbonyl (C=O) groups excluding carboxylic acids is 1. The molecule has 0 radical (unpaired) electrons. The van der Waals surface area contributed by atoms with E-state index in [0.29, 0.717) is 10.7 Å². The number of piperazine rings is 1. The number of nitrogens with zero attached hydrogens (tertiary/aromatic N) is 1. The fourth-order valence-corrected chi connectivity index (χ4v) is 2.47. The lowest BCUT2D eigenvalue weighted by Crippen LogP contribution is -2.43. The molecule has 5 nitrogen and oxygen atoms in total. The Kier molecular flexibility index (Phi) is 6.51. The van der Waals surface area contributed by atoms with Crippen LogP contribution in [0.25, 0.3) is 0 Å². The second kappa shape index (κ2) is 7.65. The molecule has 2 rings (SSSR count). The quantitative estimate of drug-likeness (QED) is 0.544. The molecule has 0 aliphatic carbocycles. The number of primary amides is 1. The first-order chi connectivity index (χ1) is 9.02. The van der Waals surface area contributed by atoms with Crippen LogP contribution in [-0.4, -0.2) is 37.7 Å². The van der Waals surface area contributed by atoms with Crippen molar-refractivity contribution >= 4 is 46.9 Å². The van der Waals surface area contributed by atoms with E-state index in [1.54, 1.807) is 0 Å². The van der Waals surface area contributed by atoms with Gasteiger partial charge in [0.05, 0.1) is 20.8 Å². The van der Waals surface area contributed by atoms with Crippen molar-refractivity contribution in [1.29, 1.82) is 0 Å². The largest absolute Gasteiger partial charge is 0.506 e. The highest BCUT2D eigenvalue weighted by atomic mass is 35.5. The zero-order valence-corrected chi connectivity index (χ0v) is 12.3. The molecule has 1 amide bonds. The van der Waals surface area contributed by atoms with Crippen LogP contribution in [0.3, 0.4) is 0 Å². The van der Waals surface area contributed by atoms with Gasteiger partial charge in [-0.3, -0.25) is 4.79 Å². The maximum Gasteiger partial charge on any atom is 0.204 e. The van der Waals surface area contributed by atoms with Gasteiger partial charge in [0.1, 0.15) is 5.75 Å². The number of nitrogens with one attached hydrogen (secondary N) is 1. The van der Waals surface area contributed by atoms with Crippen LogP contribution in [-0.2, 0) is 4.79 Å². The number of phenolic OH excluding ortho intramolecular Hbond substituents is 1. The molecule has 19 heavy (non-hydrogen) atoms. The van der Waals surface area contributed by atoms with Crippen LogP contribution < -0.4 is 16.0 Å². The molecule has 0 unspecified atom stereocenters. The summed E-state index contributed by atoms with van der Waals surface area (Å²) in [5.41, 5.74) is 4.73. The standard InChI is InChI=1S/C10H11Cl3N2O.CH3NO/c11-6-5-7(16)10(9(13)8(6)12)15-3-1-14-2-4-15;2-1-3/h5,14,16H,1-4H2;1H,(H2,2,3). The summed E-state index contributed by atoms with van der Waals surface area (Å²) in [5.74, 6) is 0.0706. The fourth-order valence-electron chi connectivity index (χ4n) is 1.76. The first-order valence-corrected chi connectivity index (χ1v) is 6.63. The molecule has 0 aromatic heterocycles. The van der Waals surface area contributed by atoms with Gasteiger partial charge in [0.2, 0.25) is 6.41 Å². The Balaban J connectivity index is 0.000000550. The Morgan fingerprint density at radius 3 is 2.32 bits per heavy atom. The number of hydrogen-bond donors (Lipinski definition) is 3. The Labute approximate surface area is 126 Å². The van der Waals surface area contributed by atoms with E-state index in [1.165, 1.54) is 6.07 Å². The average Bonchev–Trinajstić information content (AvgIpc) is 2.38. The number of carbonyl (C=O) groups is 1. The zero-order valence-electron chi connectivity index (χ0n) is 10.00. The average molecular weight is 327 g/mol. The molecule has 8 heteroatoms. The SMILES string of the molecule is NC=O.Oc1cc(Cl)c(Cl)c(Cl)c1N1CCNCC1. The number of phenols is 1. The van der Waals surface area contributed by atoms with E-state index in [9.17, 15) is 5.11 Å². The Morgan fingerprint density at radius 2 is 1.79 bits per heavy atom. The molecule has 0 saturated carbocycles. The first kappa shape index (κ1) is 16.2. The fraction of sp³-hybridized carbons (Fsp3) is 0.364. The highest BCUT2D eigenvalue weighted by Gasteiger charge is 2.21.